The second-order valence-electron chi connectivity index (χ2n) is 3.09. The summed E-state index contributed by atoms with van der Waals surface area (Å²) in [5.41, 5.74) is 0.100. The van der Waals surface area contributed by atoms with Gasteiger partial charge in [-0.2, -0.15) is 0 Å². The number of likely N-dealkylation sites (N-methyl/N-ethyl adjacent to an activating group) is 1. The van der Waals surface area contributed by atoms with Crippen LogP contribution in [0.15, 0.2) is 0 Å². The first kappa shape index (κ1) is 7.73. The van der Waals surface area contributed by atoms with Gasteiger partial charge >= 0.3 is 0 Å². The summed E-state index contributed by atoms with van der Waals surface area (Å²) in [6.45, 7) is 2.65. The predicted molar refractivity (Wildman–Crippen MR) is 40.9 cm³/mol. The van der Waals surface area contributed by atoms with E-state index in [1.807, 2.05) is 7.05 Å². The number of hydrogen-bond acceptors (Lipinski definition) is 2. The summed E-state index contributed by atoms with van der Waals surface area (Å²) in [6.07, 6.45) is 3.25. The third-order valence-electron chi connectivity index (χ3n) is 2.46. The van der Waals surface area contributed by atoms with Crippen LogP contribution in [0.4, 0.5) is 0 Å². The van der Waals surface area contributed by atoms with E-state index in [0.717, 1.165) is 19.3 Å². The summed E-state index contributed by atoms with van der Waals surface area (Å²) < 4.78 is 0. The van der Waals surface area contributed by atoms with E-state index in [2.05, 4.69) is 12.2 Å². The van der Waals surface area contributed by atoms with Crippen molar-refractivity contribution >= 4 is 5.78 Å². The van der Waals surface area contributed by atoms with Crippen LogP contribution in [0.25, 0.3) is 0 Å². The van der Waals surface area contributed by atoms with E-state index in [9.17, 15) is 4.79 Å². The van der Waals surface area contributed by atoms with Crippen molar-refractivity contribution in [3.05, 3.63) is 0 Å². The van der Waals surface area contributed by atoms with E-state index >= 15 is 0 Å². The number of hydrogen-bond donors (Lipinski definition) is 1. The van der Waals surface area contributed by atoms with E-state index in [4.69, 9.17) is 0 Å². The summed E-state index contributed by atoms with van der Waals surface area (Å²) in [5.74, 6) is 0.400. The SMILES string of the molecule is CCC1(C(=O)CNC)CC1. The molecule has 1 saturated carbocycles. The molecule has 1 rings (SSSR count). The van der Waals surface area contributed by atoms with Gasteiger partial charge in [-0.1, -0.05) is 6.92 Å². The van der Waals surface area contributed by atoms with Gasteiger partial charge in [-0.05, 0) is 26.3 Å². The number of carbonyl (C=O) groups is 1. The first-order valence-corrected chi connectivity index (χ1v) is 3.93. The number of rotatable bonds is 4. The minimum atomic E-state index is 0.100. The van der Waals surface area contributed by atoms with Crippen LogP contribution in [0.2, 0.25) is 0 Å². The molecule has 10 heavy (non-hydrogen) atoms. The van der Waals surface area contributed by atoms with Gasteiger partial charge in [-0.25, -0.2) is 0 Å². The Bertz CT molecular complexity index is 138. The molecule has 0 spiro atoms. The molecule has 2 nitrogen and oxygen atoms in total. The Hall–Kier alpha value is -0.370. The fourth-order valence-corrected chi connectivity index (χ4v) is 1.33. The lowest BCUT2D eigenvalue weighted by molar-refractivity contribution is -0.123. The highest BCUT2D eigenvalue weighted by atomic mass is 16.1. The Kier molecular flexibility index (Phi) is 2.09. The molecule has 0 unspecified atom stereocenters. The molecule has 2 heteroatoms. The lowest BCUT2D eigenvalue weighted by Gasteiger charge is -2.09. The minimum Gasteiger partial charge on any atom is -0.313 e. The third-order valence-corrected chi connectivity index (χ3v) is 2.46. The fraction of sp³-hybridized carbons (Fsp3) is 0.875. The smallest absolute Gasteiger partial charge is 0.152 e. The normalized spacial score (nSPS) is 20.6. The molecule has 0 radical (unpaired) electrons. The van der Waals surface area contributed by atoms with Crippen molar-refractivity contribution in [1.29, 1.82) is 0 Å². The quantitative estimate of drug-likeness (QED) is 0.632. The molecule has 0 bridgehead atoms. The zero-order chi connectivity index (χ0) is 7.61. The van der Waals surface area contributed by atoms with Crippen molar-refractivity contribution in [3.8, 4) is 0 Å². The summed E-state index contributed by atoms with van der Waals surface area (Å²) >= 11 is 0. The maximum absolute atomic E-state index is 11.3. The molecule has 0 amide bonds. The van der Waals surface area contributed by atoms with Crippen molar-refractivity contribution in [2.45, 2.75) is 26.2 Å². The number of Topliss-reactive ketones (excluding diaryl/α,β-unsaturated/α-hetero) is 1. The molecule has 1 N–H and O–H groups in total. The van der Waals surface area contributed by atoms with Crippen LogP contribution in [0.1, 0.15) is 26.2 Å². The fourth-order valence-electron chi connectivity index (χ4n) is 1.33. The number of carbonyl (C=O) groups excluding carboxylic acids is 1. The van der Waals surface area contributed by atoms with E-state index in [-0.39, 0.29) is 5.41 Å². The second-order valence-corrected chi connectivity index (χ2v) is 3.09. The predicted octanol–water partition coefficient (Wildman–Crippen LogP) is 0.965. The lowest BCUT2D eigenvalue weighted by atomic mass is 9.98. The van der Waals surface area contributed by atoms with E-state index in [0.29, 0.717) is 12.3 Å². The molecule has 0 aromatic carbocycles. The maximum Gasteiger partial charge on any atom is 0.152 e. The lowest BCUT2D eigenvalue weighted by Crippen LogP contribution is -2.26. The van der Waals surface area contributed by atoms with Gasteiger partial charge in [-0.3, -0.25) is 4.79 Å². The zero-order valence-corrected chi connectivity index (χ0v) is 6.74. The second kappa shape index (κ2) is 2.70. The molecule has 1 fully saturated rings. The van der Waals surface area contributed by atoms with Crippen molar-refractivity contribution in [2.75, 3.05) is 13.6 Å². The standard InChI is InChI=1S/C8H15NO/c1-3-8(4-5-8)7(10)6-9-2/h9H,3-6H2,1-2H3. The average Bonchev–Trinajstić information content (AvgIpc) is 2.68. The average molecular weight is 141 g/mol. The van der Waals surface area contributed by atoms with Crippen LogP contribution in [0.3, 0.4) is 0 Å². The van der Waals surface area contributed by atoms with Crippen LogP contribution in [0.5, 0.6) is 0 Å². The Morgan fingerprint density at radius 2 is 2.20 bits per heavy atom. The monoisotopic (exact) mass is 141 g/mol. The van der Waals surface area contributed by atoms with Gasteiger partial charge in [0.25, 0.3) is 0 Å². The Labute approximate surface area is 62.0 Å². The van der Waals surface area contributed by atoms with Crippen LogP contribution in [-0.4, -0.2) is 19.4 Å². The molecule has 1 aliphatic rings. The van der Waals surface area contributed by atoms with Crippen LogP contribution in [-0.2, 0) is 4.79 Å². The molecule has 1 aliphatic carbocycles. The first-order chi connectivity index (χ1) is 4.75. The molecule has 0 atom stereocenters. The van der Waals surface area contributed by atoms with Gasteiger partial charge in [-0.15, -0.1) is 0 Å². The molecular formula is C8H15NO. The van der Waals surface area contributed by atoms with Crippen molar-refractivity contribution in [2.24, 2.45) is 5.41 Å². The Balaban J connectivity index is 2.40. The Morgan fingerprint density at radius 1 is 1.60 bits per heavy atom. The van der Waals surface area contributed by atoms with Gasteiger partial charge in [0.2, 0.25) is 0 Å². The summed E-state index contributed by atoms with van der Waals surface area (Å²) in [4.78, 5) is 11.3. The minimum absolute atomic E-state index is 0.100. The summed E-state index contributed by atoms with van der Waals surface area (Å²) in [5, 5.41) is 2.90. The van der Waals surface area contributed by atoms with Crippen molar-refractivity contribution in [1.82, 2.24) is 5.32 Å². The van der Waals surface area contributed by atoms with Crippen molar-refractivity contribution in [3.63, 3.8) is 0 Å². The molecule has 0 aromatic rings. The summed E-state index contributed by atoms with van der Waals surface area (Å²) in [7, 11) is 1.82. The molecule has 0 saturated heterocycles. The number of ketones is 1. The first-order valence-electron chi connectivity index (χ1n) is 3.93. The van der Waals surface area contributed by atoms with E-state index in [1.165, 1.54) is 0 Å². The number of nitrogens with one attached hydrogen (secondary N) is 1. The van der Waals surface area contributed by atoms with Crippen LogP contribution < -0.4 is 5.32 Å². The zero-order valence-electron chi connectivity index (χ0n) is 6.74. The van der Waals surface area contributed by atoms with Crippen LogP contribution >= 0.6 is 0 Å². The molecule has 0 aromatic heterocycles. The van der Waals surface area contributed by atoms with Gasteiger partial charge < -0.3 is 5.32 Å². The third kappa shape index (κ3) is 1.21. The van der Waals surface area contributed by atoms with Gasteiger partial charge in [0.05, 0.1) is 6.54 Å². The van der Waals surface area contributed by atoms with E-state index < -0.39 is 0 Å². The highest BCUT2D eigenvalue weighted by Gasteiger charge is 2.46. The van der Waals surface area contributed by atoms with Gasteiger partial charge in [0.15, 0.2) is 5.78 Å². The largest absolute Gasteiger partial charge is 0.313 e. The topological polar surface area (TPSA) is 29.1 Å². The highest BCUT2D eigenvalue weighted by molar-refractivity contribution is 5.88. The molecule has 0 aliphatic heterocycles. The highest BCUT2D eigenvalue weighted by Crippen LogP contribution is 2.49. The van der Waals surface area contributed by atoms with Crippen LogP contribution in [0, 0.1) is 5.41 Å². The van der Waals surface area contributed by atoms with Gasteiger partial charge in [0.1, 0.15) is 0 Å². The molecule has 0 heterocycles. The molecule has 58 valence electrons. The van der Waals surface area contributed by atoms with E-state index in [1.54, 1.807) is 0 Å². The molecular weight excluding hydrogens is 126 g/mol. The Morgan fingerprint density at radius 3 is 2.50 bits per heavy atom. The summed E-state index contributed by atoms with van der Waals surface area (Å²) in [6, 6.07) is 0. The maximum atomic E-state index is 11.3. The van der Waals surface area contributed by atoms with Gasteiger partial charge in [0, 0.05) is 5.41 Å². The van der Waals surface area contributed by atoms with Crippen molar-refractivity contribution < 1.29 is 4.79 Å².